The van der Waals surface area contributed by atoms with Crippen LogP contribution < -0.4 is 10.1 Å². The number of likely N-dealkylation sites (tertiary alicyclic amines) is 1. The number of rotatable bonds is 4. The molecule has 0 saturated carbocycles. The summed E-state index contributed by atoms with van der Waals surface area (Å²) < 4.78 is 5.10. The Morgan fingerprint density at radius 3 is 2.46 bits per heavy atom. The number of ether oxygens (including phenoxy) is 1. The van der Waals surface area contributed by atoms with Crippen LogP contribution in [0.4, 0.5) is 5.69 Å². The largest absolute Gasteiger partial charge is 0.495 e. The van der Waals surface area contributed by atoms with E-state index in [4.69, 9.17) is 16.3 Å². The van der Waals surface area contributed by atoms with Crippen molar-refractivity contribution in [2.45, 2.75) is 19.3 Å². The second-order valence-electron chi connectivity index (χ2n) is 6.24. The molecule has 136 valence electrons. The first-order valence-electron chi connectivity index (χ1n) is 8.63. The highest BCUT2D eigenvalue weighted by Crippen LogP contribution is 2.27. The Hall–Kier alpha value is -2.53. The van der Waals surface area contributed by atoms with Crippen molar-refractivity contribution in [3.05, 3.63) is 58.6 Å². The third kappa shape index (κ3) is 4.17. The number of amides is 2. The van der Waals surface area contributed by atoms with Gasteiger partial charge >= 0.3 is 0 Å². The minimum atomic E-state index is -0.292. The van der Waals surface area contributed by atoms with E-state index in [1.54, 1.807) is 42.5 Å². The summed E-state index contributed by atoms with van der Waals surface area (Å²) in [4.78, 5) is 27.0. The second-order valence-corrected chi connectivity index (χ2v) is 6.64. The molecule has 0 aliphatic carbocycles. The topological polar surface area (TPSA) is 58.6 Å². The van der Waals surface area contributed by atoms with Gasteiger partial charge in [0.2, 0.25) is 0 Å². The van der Waals surface area contributed by atoms with Crippen molar-refractivity contribution in [1.82, 2.24) is 4.90 Å². The average Bonchev–Trinajstić information content (AvgIpc) is 2.68. The van der Waals surface area contributed by atoms with Crippen LogP contribution in [0.1, 0.15) is 40.0 Å². The number of nitrogens with zero attached hydrogens (tertiary/aromatic N) is 1. The van der Waals surface area contributed by atoms with E-state index in [9.17, 15) is 9.59 Å². The summed E-state index contributed by atoms with van der Waals surface area (Å²) in [7, 11) is 1.53. The Kier molecular flexibility index (Phi) is 5.78. The van der Waals surface area contributed by atoms with Gasteiger partial charge in [-0.25, -0.2) is 0 Å². The molecule has 5 nitrogen and oxygen atoms in total. The molecule has 0 bridgehead atoms. The molecular formula is C20H21ClN2O3. The third-order valence-corrected chi connectivity index (χ3v) is 4.72. The molecule has 1 saturated heterocycles. The monoisotopic (exact) mass is 372 g/mol. The van der Waals surface area contributed by atoms with Gasteiger partial charge in [0.1, 0.15) is 5.75 Å². The molecule has 2 aromatic carbocycles. The Morgan fingerprint density at radius 2 is 1.77 bits per heavy atom. The summed E-state index contributed by atoms with van der Waals surface area (Å²) >= 11 is 6.09. The van der Waals surface area contributed by atoms with Crippen molar-refractivity contribution in [2.75, 3.05) is 25.5 Å². The van der Waals surface area contributed by atoms with Crippen LogP contribution >= 0.6 is 11.6 Å². The maximum absolute atomic E-state index is 12.6. The molecule has 0 radical (unpaired) electrons. The predicted molar refractivity (Wildman–Crippen MR) is 102 cm³/mol. The SMILES string of the molecule is COc1ccc(NC(=O)c2cccc(C(=O)N3CCCCC3)c2)cc1Cl. The van der Waals surface area contributed by atoms with Gasteiger partial charge in [0, 0.05) is 29.9 Å². The highest BCUT2D eigenvalue weighted by Gasteiger charge is 2.19. The average molecular weight is 373 g/mol. The maximum Gasteiger partial charge on any atom is 0.255 e. The van der Waals surface area contributed by atoms with Gasteiger partial charge in [-0.3, -0.25) is 9.59 Å². The van der Waals surface area contributed by atoms with Gasteiger partial charge in [0.15, 0.2) is 0 Å². The predicted octanol–water partition coefficient (Wildman–Crippen LogP) is 4.23. The third-order valence-electron chi connectivity index (χ3n) is 4.42. The number of carbonyl (C=O) groups excluding carboxylic acids is 2. The molecule has 6 heteroatoms. The number of benzene rings is 2. The summed E-state index contributed by atoms with van der Waals surface area (Å²) in [5.41, 5.74) is 1.53. The molecule has 3 rings (SSSR count). The fraction of sp³-hybridized carbons (Fsp3) is 0.300. The highest BCUT2D eigenvalue weighted by atomic mass is 35.5. The standard InChI is InChI=1S/C20H21ClN2O3/c1-26-18-9-8-16(13-17(18)21)22-19(24)14-6-5-7-15(12-14)20(25)23-10-3-2-4-11-23/h5-9,12-13H,2-4,10-11H2,1H3,(H,22,24). The normalized spacial score (nSPS) is 14.0. The van der Waals surface area contributed by atoms with Crippen LogP contribution in [0.5, 0.6) is 5.75 Å². The Morgan fingerprint density at radius 1 is 1.04 bits per heavy atom. The first-order chi connectivity index (χ1) is 12.6. The summed E-state index contributed by atoms with van der Waals surface area (Å²) in [6.07, 6.45) is 3.23. The van der Waals surface area contributed by atoms with E-state index in [2.05, 4.69) is 5.32 Å². The number of halogens is 1. The summed E-state index contributed by atoms with van der Waals surface area (Å²) in [5.74, 6) is 0.227. The number of carbonyl (C=O) groups is 2. The number of hydrogen-bond donors (Lipinski definition) is 1. The second kappa shape index (κ2) is 8.23. The van der Waals surface area contributed by atoms with Gasteiger partial charge in [0.25, 0.3) is 11.8 Å². The summed E-state index contributed by atoms with van der Waals surface area (Å²) in [6.45, 7) is 1.55. The zero-order chi connectivity index (χ0) is 18.5. The van der Waals surface area contributed by atoms with Gasteiger partial charge in [-0.15, -0.1) is 0 Å². The summed E-state index contributed by atoms with van der Waals surface area (Å²) in [6, 6.07) is 11.8. The lowest BCUT2D eigenvalue weighted by Crippen LogP contribution is -2.35. The fourth-order valence-corrected chi connectivity index (χ4v) is 3.28. The molecule has 1 aliphatic rings. The van der Waals surface area contributed by atoms with Crippen molar-refractivity contribution >= 4 is 29.1 Å². The van der Waals surface area contributed by atoms with E-state index in [1.807, 2.05) is 4.90 Å². The van der Waals surface area contributed by atoms with Crippen LogP contribution in [0.2, 0.25) is 5.02 Å². The molecule has 1 heterocycles. The quantitative estimate of drug-likeness (QED) is 0.873. The molecule has 1 aliphatic heterocycles. The van der Waals surface area contributed by atoms with Gasteiger partial charge < -0.3 is 15.0 Å². The molecule has 2 aromatic rings. The zero-order valence-electron chi connectivity index (χ0n) is 14.6. The number of nitrogens with one attached hydrogen (secondary N) is 1. The van der Waals surface area contributed by atoms with Crippen molar-refractivity contribution < 1.29 is 14.3 Å². The molecule has 0 spiro atoms. The van der Waals surface area contributed by atoms with Crippen molar-refractivity contribution in [2.24, 2.45) is 0 Å². The number of anilines is 1. The van der Waals surface area contributed by atoms with E-state index in [-0.39, 0.29) is 11.8 Å². The molecule has 1 fully saturated rings. The van der Waals surface area contributed by atoms with Gasteiger partial charge in [-0.1, -0.05) is 17.7 Å². The van der Waals surface area contributed by atoms with Crippen molar-refractivity contribution in [3.8, 4) is 5.75 Å². The van der Waals surface area contributed by atoms with E-state index in [0.29, 0.717) is 27.6 Å². The molecule has 0 atom stereocenters. The maximum atomic E-state index is 12.6. The molecule has 26 heavy (non-hydrogen) atoms. The van der Waals surface area contributed by atoms with Gasteiger partial charge in [-0.05, 0) is 55.7 Å². The Labute approximate surface area is 157 Å². The molecule has 1 N–H and O–H groups in total. The first-order valence-corrected chi connectivity index (χ1v) is 9.00. The van der Waals surface area contributed by atoms with Gasteiger partial charge in [0.05, 0.1) is 12.1 Å². The van der Waals surface area contributed by atoms with Crippen LogP contribution in [0.25, 0.3) is 0 Å². The lowest BCUT2D eigenvalue weighted by Gasteiger charge is -2.26. The van der Waals surface area contributed by atoms with Crippen molar-refractivity contribution in [3.63, 3.8) is 0 Å². The Bertz CT molecular complexity index is 816. The lowest BCUT2D eigenvalue weighted by atomic mass is 10.1. The van der Waals surface area contributed by atoms with Crippen LogP contribution in [-0.2, 0) is 0 Å². The van der Waals surface area contributed by atoms with Crippen LogP contribution in [0.3, 0.4) is 0 Å². The van der Waals surface area contributed by atoms with E-state index in [0.717, 1.165) is 32.4 Å². The molecule has 0 unspecified atom stereocenters. The Balaban J connectivity index is 1.73. The smallest absolute Gasteiger partial charge is 0.255 e. The number of hydrogen-bond acceptors (Lipinski definition) is 3. The van der Waals surface area contributed by atoms with Crippen LogP contribution in [0.15, 0.2) is 42.5 Å². The van der Waals surface area contributed by atoms with Gasteiger partial charge in [-0.2, -0.15) is 0 Å². The minimum absolute atomic E-state index is 0.0214. The molecule has 0 aromatic heterocycles. The van der Waals surface area contributed by atoms with E-state index >= 15 is 0 Å². The van der Waals surface area contributed by atoms with Crippen LogP contribution in [-0.4, -0.2) is 36.9 Å². The van der Waals surface area contributed by atoms with E-state index < -0.39 is 0 Å². The zero-order valence-corrected chi connectivity index (χ0v) is 15.4. The molecular weight excluding hydrogens is 352 g/mol. The van der Waals surface area contributed by atoms with E-state index in [1.165, 1.54) is 7.11 Å². The lowest BCUT2D eigenvalue weighted by molar-refractivity contribution is 0.0724. The minimum Gasteiger partial charge on any atom is -0.495 e. The molecule has 2 amide bonds. The first kappa shape index (κ1) is 18.3. The van der Waals surface area contributed by atoms with Crippen molar-refractivity contribution in [1.29, 1.82) is 0 Å². The fourth-order valence-electron chi connectivity index (χ4n) is 3.02. The summed E-state index contributed by atoms with van der Waals surface area (Å²) in [5, 5.41) is 3.21. The number of piperidine rings is 1. The van der Waals surface area contributed by atoms with Crippen LogP contribution in [0, 0.1) is 0 Å². The number of methoxy groups -OCH3 is 1. The highest BCUT2D eigenvalue weighted by molar-refractivity contribution is 6.32.